The van der Waals surface area contributed by atoms with Gasteiger partial charge in [0.1, 0.15) is 11.5 Å². The largest absolute Gasteiger partial charge is 0.497 e. The minimum Gasteiger partial charge on any atom is -0.497 e. The number of hydrogen-bond donors (Lipinski definition) is 1. The number of carbonyl (C=O) groups is 1. The predicted octanol–water partition coefficient (Wildman–Crippen LogP) is 1.56. The SMILES string of the molecule is COC(=O)NCc1cc(OC)ccc1OC. The lowest BCUT2D eigenvalue weighted by atomic mass is 10.2. The molecule has 0 fully saturated rings. The molecule has 1 aromatic rings. The van der Waals surface area contributed by atoms with Crippen molar-refractivity contribution in [2.24, 2.45) is 0 Å². The number of nitrogens with one attached hydrogen (secondary N) is 1. The molecule has 0 radical (unpaired) electrons. The van der Waals surface area contributed by atoms with E-state index in [1.807, 2.05) is 0 Å². The van der Waals surface area contributed by atoms with E-state index in [0.717, 1.165) is 5.56 Å². The zero-order chi connectivity index (χ0) is 12.0. The molecule has 0 aliphatic rings. The van der Waals surface area contributed by atoms with E-state index >= 15 is 0 Å². The maximum Gasteiger partial charge on any atom is 0.407 e. The fourth-order valence-corrected chi connectivity index (χ4v) is 1.26. The maximum atomic E-state index is 10.9. The van der Waals surface area contributed by atoms with Gasteiger partial charge in [-0.25, -0.2) is 4.79 Å². The van der Waals surface area contributed by atoms with Crippen molar-refractivity contribution in [3.63, 3.8) is 0 Å². The number of carbonyl (C=O) groups excluding carboxylic acids is 1. The molecule has 1 N–H and O–H groups in total. The van der Waals surface area contributed by atoms with Crippen LogP contribution < -0.4 is 14.8 Å². The normalized spacial score (nSPS) is 9.44. The van der Waals surface area contributed by atoms with Crippen LogP contribution in [0.2, 0.25) is 0 Å². The molecule has 0 aliphatic carbocycles. The molecular formula is C11H15NO4. The summed E-state index contributed by atoms with van der Waals surface area (Å²) >= 11 is 0. The number of ether oxygens (including phenoxy) is 3. The minimum atomic E-state index is -0.482. The topological polar surface area (TPSA) is 56.8 Å². The monoisotopic (exact) mass is 225 g/mol. The average molecular weight is 225 g/mol. The Kier molecular flexibility index (Phi) is 4.44. The Morgan fingerprint density at radius 2 is 2.00 bits per heavy atom. The van der Waals surface area contributed by atoms with Gasteiger partial charge in [-0.3, -0.25) is 0 Å². The molecule has 1 aromatic carbocycles. The summed E-state index contributed by atoms with van der Waals surface area (Å²) in [5, 5.41) is 2.58. The molecule has 0 saturated heterocycles. The van der Waals surface area contributed by atoms with E-state index in [2.05, 4.69) is 10.1 Å². The van der Waals surface area contributed by atoms with E-state index < -0.39 is 6.09 Å². The van der Waals surface area contributed by atoms with E-state index in [1.54, 1.807) is 32.4 Å². The molecule has 1 rings (SSSR count). The molecule has 0 spiro atoms. The van der Waals surface area contributed by atoms with Gasteiger partial charge in [-0.15, -0.1) is 0 Å². The van der Waals surface area contributed by atoms with Gasteiger partial charge in [0.05, 0.1) is 21.3 Å². The molecule has 1 amide bonds. The molecule has 0 heterocycles. The molecule has 0 saturated carbocycles. The summed E-state index contributed by atoms with van der Waals surface area (Å²) in [5.41, 5.74) is 0.826. The predicted molar refractivity (Wildman–Crippen MR) is 58.8 cm³/mol. The summed E-state index contributed by atoms with van der Waals surface area (Å²) in [7, 11) is 4.47. The number of amides is 1. The first-order chi connectivity index (χ1) is 7.71. The Bertz CT molecular complexity index is 365. The summed E-state index contributed by atoms with van der Waals surface area (Å²) in [4.78, 5) is 10.9. The maximum absolute atomic E-state index is 10.9. The number of rotatable bonds is 4. The van der Waals surface area contributed by atoms with Gasteiger partial charge in [-0.2, -0.15) is 0 Å². The lowest BCUT2D eigenvalue weighted by molar-refractivity contribution is 0.170. The fraction of sp³-hybridized carbons (Fsp3) is 0.364. The summed E-state index contributed by atoms with van der Waals surface area (Å²) in [6.45, 7) is 0.326. The Balaban J connectivity index is 2.78. The van der Waals surface area contributed by atoms with Crippen LogP contribution >= 0.6 is 0 Å². The number of alkyl carbamates (subject to hydrolysis) is 1. The van der Waals surface area contributed by atoms with Crippen molar-refractivity contribution in [3.05, 3.63) is 23.8 Å². The fourth-order valence-electron chi connectivity index (χ4n) is 1.26. The van der Waals surface area contributed by atoms with Gasteiger partial charge in [0.15, 0.2) is 0 Å². The van der Waals surface area contributed by atoms with E-state index in [1.165, 1.54) is 7.11 Å². The highest BCUT2D eigenvalue weighted by Gasteiger charge is 2.06. The molecule has 5 heteroatoms. The second kappa shape index (κ2) is 5.85. The van der Waals surface area contributed by atoms with Crippen LogP contribution in [0.25, 0.3) is 0 Å². The summed E-state index contributed by atoms with van der Waals surface area (Å²) in [5.74, 6) is 1.40. The van der Waals surface area contributed by atoms with Crippen molar-refractivity contribution >= 4 is 6.09 Å². The van der Waals surface area contributed by atoms with Crippen LogP contribution in [0.1, 0.15) is 5.56 Å². The number of benzene rings is 1. The summed E-state index contributed by atoms with van der Waals surface area (Å²) in [6.07, 6.45) is -0.482. The third-order valence-corrected chi connectivity index (χ3v) is 2.10. The first-order valence-corrected chi connectivity index (χ1v) is 4.74. The van der Waals surface area contributed by atoms with Crippen LogP contribution in [0, 0.1) is 0 Å². The lowest BCUT2D eigenvalue weighted by Crippen LogP contribution is -2.22. The summed E-state index contributed by atoms with van der Waals surface area (Å²) in [6, 6.07) is 5.38. The second-order valence-corrected chi connectivity index (χ2v) is 3.02. The van der Waals surface area contributed by atoms with Crippen LogP contribution in [0.4, 0.5) is 4.79 Å². The van der Waals surface area contributed by atoms with Crippen molar-refractivity contribution in [2.45, 2.75) is 6.54 Å². The van der Waals surface area contributed by atoms with Crippen LogP contribution in [0.5, 0.6) is 11.5 Å². The van der Waals surface area contributed by atoms with Crippen molar-refractivity contribution in [1.82, 2.24) is 5.32 Å². The van der Waals surface area contributed by atoms with Crippen molar-refractivity contribution in [3.8, 4) is 11.5 Å². The molecule has 5 nitrogen and oxygen atoms in total. The van der Waals surface area contributed by atoms with Crippen LogP contribution in [0.15, 0.2) is 18.2 Å². The highest BCUT2D eigenvalue weighted by molar-refractivity contribution is 5.67. The highest BCUT2D eigenvalue weighted by atomic mass is 16.5. The van der Waals surface area contributed by atoms with E-state index in [9.17, 15) is 4.79 Å². The van der Waals surface area contributed by atoms with Gasteiger partial charge in [-0.1, -0.05) is 0 Å². The molecule has 0 aromatic heterocycles. The molecular weight excluding hydrogens is 210 g/mol. The first-order valence-electron chi connectivity index (χ1n) is 4.74. The Morgan fingerprint density at radius 3 is 2.56 bits per heavy atom. The van der Waals surface area contributed by atoms with Gasteiger partial charge >= 0.3 is 6.09 Å². The quantitative estimate of drug-likeness (QED) is 0.844. The van der Waals surface area contributed by atoms with E-state index in [-0.39, 0.29) is 0 Å². The first kappa shape index (κ1) is 12.2. The zero-order valence-electron chi connectivity index (χ0n) is 9.57. The third kappa shape index (κ3) is 3.05. The zero-order valence-corrected chi connectivity index (χ0v) is 9.57. The average Bonchev–Trinajstić information content (AvgIpc) is 2.35. The van der Waals surface area contributed by atoms with Crippen LogP contribution in [-0.2, 0) is 11.3 Å². The highest BCUT2D eigenvalue weighted by Crippen LogP contribution is 2.23. The van der Waals surface area contributed by atoms with Crippen LogP contribution in [0.3, 0.4) is 0 Å². The lowest BCUT2D eigenvalue weighted by Gasteiger charge is -2.10. The van der Waals surface area contributed by atoms with Crippen molar-refractivity contribution in [1.29, 1.82) is 0 Å². The number of hydrogen-bond acceptors (Lipinski definition) is 4. The van der Waals surface area contributed by atoms with Crippen molar-refractivity contribution in [2.75, 3.05) is 21.3 Å². The van der Waals surface area contributed by atoms with Gasteiger partial charge < -0.3 is 19.5 Å². The molecule has 0 bridgehead atoms. The Labute approximate surface area is 94.3 Å². The van der Waals surface area contributed by atoms with E-state index in [0.29, 0.717) is 18.0 Å². The Hall–Kier alpha value is -1.91. The minimum absolute atomic E-state index is 0.326. The molecule has 0 aliphatic heterocycles. The molecule has 0 atom stereocenters. The van der Waals surface area contributed by atoms with Gasteiger partial charge in [0, 0.05) is 12.1 Å². The Morgan fingerprint density at radius 1 is 1.25 bits per heavy atom. The third-order valence-electron chi connectivity index (χ3n) is 2.10. The van der Waals surface area contributed by atoms with Gasteiger partial charge in [0.2, 0.25) is 0 Å². The van der Waals surface area contributed by atoms with Crippen molar-refractivity contribution < 1.29 is 19.0 Å². The summed E-state index contributed by atoms with van der Waals surface area (Å²) < 4.78 is 14.7. The standard InChI is InChI=1S/C11H15NO4/c1-14-9-4-5-10(15-2)8(6-9)7-12-11(13)16-3/h4-6H,7H2,1-3H3,(H,12,13). The molecule has 0 unspecified atom stereocenters. The molecule has 88 valence electrons. The van der Waals surface area contributed by atoms with Crippen LogP contribution in [-0.4, -0.2) is 27.4 Å². The molecule has 16 heavy (non-hydrogen) atoms. The number of methoxy groups -OCH3 is 3. The van der Waals surface area contributed by atoms with E-state index in [4.69, 9.17) is 9.47 Å². The van der Waals surface area contributed by atoms with Gasteiger partial charge in [-0.05, 0) is 18.2 Å². The van der Waals surface area contributed by atoms with Gasteiger partial charge in [0.25, 0.3) is 0 Å². The second-order valence-electron chi connectivity index (χ2n) is 3.02. The smallest absolute Gasteiger partial charge is 0.407 e.